The Morgan fingerprint density at radius 3 is 1.91 bits per heavy atom. The van der Waals surface area contributed by atoms with Gasteiger partial charge < -0.3 is 13.7 Å². The topological polar surface area (TPSA) is 29.5 Å². The van der Waals surface area contributed by atoms with E-state index < -0.39 is 0 Å². The molecule has 56 heavy (non-hydrogen) atoms. The van der Waals surface area contributed by atoms with Crippen molar-refractivity contribution in [2.75, 3.05) is 4.90 Å². The van der Waals surface area contributed by atoms with Crippen molar-refractivity contribution in [2.24, 2.45) is 0 Å². The smallest absolute Gasteiger partial charge is 0.143 e. The second kappa shape index (κ2) is 12.2. The minimum absolute atomic E-state index is 0.899. The molecule has 0 unspecified atom stereocenters. The van der Waals surface area contributed by atoms with Gasteiger partial charge in [-0.1, -0.05) is 121 Å². The highest BCUT2D eigenvalue weighted by Gasteiger charge is 2.20. The molecule has 9 aromatic carbocycles. The van der Waals surface area contributed by atoms with Crippen LogP contribution in [-0.4, -0.2) is 0 Å². The lowest BCUT2D eigenvalue weighted by Gasteiger charge is -2.26. The third-order valence-corrected chi connectivity index (χ3v) is 12.5. The number of anilines is 3. The maximum absolute atomic E-state index is 6.54. The Morgan fingerprint density at radius 2 is 1.05 bits per heavy atom. The second-order valence-electron chi connectivity index (χ2n) is 14.4. The number of rotatable bonds is 5. The number of hydrogen-bond acceptors (Lipinski definition) is 4. The van der Waals surface area contributed by atoms with Crippen LogP contribution >= 0.6 is 11.3 Å². The largest absolute Gasteiger partial charge is 0.456 e. The molecule has 3 aromatic heterocycles. The first-order valence-corrected chi connectivity index (χ1v) is 19.7. The summed E-state index contributed by atoms with van der Waals surface area (Å²) in [6.45, 7) is 0. The van der Waals surface area contributed by atoms with E-state index >= 15 is 0 Å². The van der Waals surface area contributed by atoms with E-state index in [1.54, 1.807) is 0 Å². The predicted octanol–water partition coefficient (Wildman–Crippen LogP) is 15.8. The van der Waals surface area contributed by atoms with Crippen LogP contribution in [-0.2, 0) is 0 Å². The van der Waals surface area contributed by atoms with Gasteiger partial charge >= 0.3 is 0 Å². The molecular formula is C52H31NO2S. The first kappa shape index (κ1) is 31.2. The molecule has 0 fully saturated rings. The van der Waals surface area contributed by atoms with E-state index in [1.165, 1.54) is 25.6 Å². The van der Waals surface area contributed by atoms with Crippen LogP contribution in [0.15, 0.2) is 197 Å². The fourth-order valence-corrected chi connectivity index (χ4v) is 9.83. The van der Waals surface area contributed by atoms with Crippen molar-refractivity contribution in [3.05, 3.63) is 188 Å². The Bertz CT molecular complexity index is 3480. The van der Waals surface area contributed by atoms with Gasteiger partial charge in [0.25, 0.3) is 0 Å². The Hall–Kier alpha value is -7.14. The van der Waals surface area contributed by atoms with Crippen LogP contribution in [0.25, 0.3) is 97.1 Å². The summed E-state index contributed by atoms with van der Waals surface area (Å²) in [6, 6.07) is 67.3. The number of para-hydroxylation sites is 1. The average Bonchev–Trinajstić information content (AvgIpc) is 3.96. The number of nitrogens with zero attached hydrogens (tertiary/aromatic N) is 1. The molecule has 12 rings (SSSR count). The number of hydrogen-bond donors (Lipinski definition) is 0. The van der Waals surface area contributed by atoms with Crippen LogP contribution in [0, 0.1) is 0 Å². The van der Waals surface area contributed by atoms with Gasteiger partial charge in [-0.05, 0) is 94.4 Å². The molecule has 0 amide bonds. The maximum Gasteiger partial charge on any atom is 0.143 e. The molecule has 0 aliphatic carbocycles. The van der Waals surface area contributed by atoms with Crippen molar-refractivity contribution in [3.8, 4) is 22.3 Å². The monoisotopic (exact) mass is 733 g/mol. The van der Waals surface area contributed by atoms with Gasteiger partial charge in [0.05, 0.1) is 10.4 Å². The van der Waals surface area contributed by atoms with Crippen molar-refractivity contribution in [1.29, 1.82) is 0 Å². The van der Waals surface area contributed by atoms with Gasteiger partial charge in [0, 0.05) is 53.8 Å². The summed E-state index contributed by atoms with van der Waals surface area (Å²) in [6.07, 6.45) is 0. The zero-order valence-electron chi connectivity index (χ0n) is 30.1. The van der Waals surface area contributed by atoms with Gasteiger partial charge in [-0.3, -0.25) is 0 Å². The Morgan fingerprint density at radius 1 is 0.393 bits per heavy atom. The molecule has 262 valence electrons. The quantitative estimate of drug-likeness (QED) is 0.176. The molecule has 0 aliphatic rings. The normalized spacial score (nSPS) is 11.9. The molecule has 0 aliphatic heterocycles. The Labute approximate surface area is 325 Å². The number of benzene rings is 9. The van der Waals surface area contributed by atoms with E-state index in [0.29, 0.717) is 0 Å². The van der Waals surface area contributed by atoms with Gasteiger partial charge in [0.15, 0.2) is 0 Å². The maximum atomic E-state index is 6.54. The molecule has 0 saturated carbocycles. The summed E-state index contributed by atoms with van der Waals surface area (Å²) in [5.74, 6) is 0. The molecule has 0 bridgehead atoms. The Balaban J connectivity index is 0.993. The van der Waals surface area contributed by atoms with E-state index in [0.717, 1.165) is 88.6 Å². The van der Waals surface area contributed by atoms with Crippen LogP contribution in [0.1, 0.15) is 0 Å². The number of thiophene rings is 1. The molecular weight excluding hydrogens is 703 g/mol. The molecule has 0 N–H and O–H groups in total. The SMILES string of the molecule is c1ccc2c(c1)ccc1c2oc2cccc(-c3ccc(N(c4ccc(-c5ccc6oc7ccccc7c6c5)cc4)c4cccc5c4sc4ccccc45)cc3)c21. The van der Waals surface area contributed by atoms with Gasteiger partial charge in [-0.15, -0.1) is 11.3 Å². The second-order valence-corrected chi connectivity index (χ2v) is 15.5. The van der Waals surface area contributed by atoms with Crippen LogP contribution < -0.4 is 4.90 Å². The van der Waals surface area contributed by atoms with Gasteiger partial charge in [-0.2, -0.15) is 0 Å². The Kier molecular flexibility index (Phi) is 6.80. The molecule has 3 heterocycles. The van der Waals surface area contributed by atoms with Crippen LogP contribution in [0.3, 0.4) is 0 Å². The predicted molar refractivity (Wildman–Crippen MR) is 237 cm³/mol. The molecule has 3 nitrogen and oxygen atoms in total. The van der Waals surface area contributed by atoms with E-state index in [4.69, 9.17) is 8.83 Å². The van der Waals surface area contributed by atoms with E-state index in [-0.39, 0.29) is 0 Å². The summed E-state index contributed by atoms with van der Waals surface area (Å²) < 4.78 is 15.2. The third-order valence-electron chi connectivity index (χ3n) is 11.3. The van der Waals surface area contributed by atoms with Crippen LogP contribution in [0.5, 0.6) is 0 Å². The van der Waals surface area contributed by atoms with E-state index in [9.17, 15) is 0 Å². The highest BCUT2D eigenvalue weighted by Crippen LogP contribution is 2.46. The summed E-state index contributed by atoms with van der Waals surface area (Å²) in [5, 5.41) is 9.42. The summed E-state index contributed by atoms with van der Waals surface area (Å²) in [7, 11) is 0. The van der Waals surface area contributed by atoms with Crippen molar-refractivity contribution in [2.45, 2.75) is 0 Å². The minimum atomic E-state index is 0.899. The fraction of sp³-hybridized carbons (Fsp3) is 0. The lowest BCUT2D eigenvalue weighted by Crippen LogP contribution is -2.10. The van der Waals surface area contributed by atoms with E-state index in [2.05, 4.69) is 181 Å². The van der Waals surface area contributed by atoms with Crippen molar-refractivity contribution in [3.63, 3.8) is 0 Å². The zero-order valence-corrected chi connectivity index (χ0v) is 30.9. The number of furan rings is 2. The van der Waals surface area contributed by atoms with Gasteiger partial charge in [-0.25, -0.2) is 0 Å². The minimum Gasteiger partial charge on any atom is -0.456 e. The summed E-state index contributed by atoms with van der Waals surface area (Å²) in [5.41, 5.74) is 11.6. The van der Waals surface area contributed by atoms with Gasteiger partial charge in [0.1, 0.15) is 22.3 Å². The summed E-state index contributed by atoms with van der Waals surface area (Å²) >= 11 is 1.85. The van der Waals surface area contributed by atoms with Gasteiger partial charge in [0.2, 0.25) is 0 Å². The molecule has 0 atom stereocenters. The third kappa shape index (κ3) is 4.76. The summed E-state index contributed by atoms with van der Waals surface area (Å²) in [4.78, 5) is 2.40. The molecule has 12 aromatic rings. The molecule has 0 radical (unpaired) electrons. The first-order chi connectivity index (χ1) is 27.7. The van der Waals surface area contributed by atoms with Crippen LogP contribution in [0.2, 0.25) is 0 Å². The first-order valence-electron chi connectivity index (χ1n) is 18.9. The fourth-order valence-electron chi connectivity index (χ4n) is 8.63. The molecule has 4 heteroatoms. The standard InChI is InChI=1S/C52H31NO2S/c1-2-10-39-33(9-1)23-29-43-50-38(13-8-17-48(50)55-51(39)43)34-21-27-37(28-22-34)53(45-15-7-14-42-41-12-4-6-18-49(41)56-52(42)45)36-25-19-32(20-26-36)35-24-30-47-44(31-35)40-11-3-5-16-46(40)54-47/h1-31H. The van der Waals surface area contributed by atoms with Crippen LogP contribution in [0.4, 0.5) is 17.1 Å². The van der Waals surface area contributed by atoms with E-state index in [1.807, 2.05) is 23.5 Å². The lowest BCUT2D eigenvalue weighted by atomic mass is 9.98. The average molecular weight is 734 g/mol. The highest BCUT2D eigenvalue weighted by atomic mass is 32.1. The van der Waals surface area contributed by atoms with Crippen molar-refractivity contribution in [1.82, 2.24) is 0 Å². The highest BCUT2D eigenvalue weighted by molar-refractivity contribution is 7.26. The zero-order chi connectivity index (χ0) is 36.7. The molecule has 0 spiro atoms. The lowest BCUT2D eigenvalue weighted by molar-refractivity contribution is 0.669. The number of fused-ring (bicyclic) bond motifs is 11. The molecule has 0 saturated heterocycles. The van der Waals surface area contributed by atoms with Crippen molar-refractivity contribution >= 4 is 103 Å². The van der Waals surface area contributed by atoms with Crippen molar-refractivity contribution < 1.29 is 8.83 Å².